The molecule has 0 spiro atoms. The van der Waals surface area contributed by atoms with Gasteiger partial charge in [-0.2, -0.15) is 0 Å². The van der Waals surface area contributed by atoms with Crippen LogP contribution in [0.25, 0.3) is 0 Å². The first kappa shape index (κ1) is 19.3. The fourth-order valence-corrected chi connectivity index (χ4v) is 2.54. The van der Waals surface area contributed by atoms with Crippen molar-refractivity contribution in [2.75, 3.05) is 13.2 Å². The van der Waals surface area contributed by atoms with E-state index >= 15 is 0 Å². The van der Waals surface area contributed by atoms with Gasteiger partial charge in [0.15, 0.2) is 13.2 Å². The Labute approximate surface area is 153 Å². The molecule has 0 saturated heterocycles. The molecule has 6 nitrogen and oxygen atoms in total. The molecule has 0 aliphatic heterocycles. The van der Waals surface area contributed by atoms with Crippen LogP contribution in [0.15, 0.2) is 36.4 Å². The third-order valence-corrected chi connectivity index (χ3v) is 3.66. The van der Waals surface area contributed by atoms with Crippen molar-refractivity contribution in [1.82, 2.24) is 10.9 Å². The number of benzene rings is 2. The maximum Gasteiger partial charge on any atom is 0.276 e. The summed E-state index contributed by atoms with van der Waals surface area (Å²) in [7, 11) is 0. The molecular weight excluding hydrogens is 332 g/mol. The van der Waals surface area contributed by atoms with E-state index in [0.717, 1.165) is 22.3 Å². The van der Waals surface area contributed by atoms with Gasteiger partial charge in [0.25, 0.3) is 11.8 Å². The summed E-state index contributed by atoms with van der Waals surface area (Å²) in [5, 5.41) is 0. The van der Waals surface area contributed by atoms with Gasteiger partial charge in [-0.3, -0.25) is 20.4 Å². The second kappa shape index (κ2) is 8.89. The van der Waals surface area contributed by atoms with Gasteiger partial charge < -0.3 is 9.47 Å². The van der Waals surface area contributed by atoms with Gasteiger partial charge in [0, 0.05) is 0 Å². The molecule has 0 aliphatic rings. The number of aryl methyl sites for hydroxylation is 4. The molecule has 2 aromatic carbocycles. The SMILES string of the molecule is Cc1cc(C)cc(OCC(=O)NNC(=O)COc2c(C)cccc2C)c1. The summed E-state index contributed by atoms with van der Waals surface area (Å²) >= 11 is 0. The van der Waals surface area contributed by atoms with Gasteiger partial charge in [0.2, 0.25) is 0 Å². The number of nitrogens with one attached hydrogen (secondary N) is 2. The van der Waals surface area contributed by atoms with Gasteiger partial charge in [-0.25, -0.2) is 0 Å². The van der Waals surface area contributed by atoms with Gasteiger partial charge in [-0.15, -0.1) is 0 Å². The predicted octanol–water partition coefficient (Wildman–Crippen LogP) is 2.53. The summed E-state index contributed by atoms with van der Waals surface area (Å²) in [6.07, 6.45) is 0. The van der Waals surface area contributed by atoms with Crippen LogP contribution in [0.2, 0.25) is 0 Å². The van der Waals surface area contributed by atoms with Gasteiger partial charge >= 0.3 is 0 Å². The van der Waals surface area contributed by atoms with Crippen molar-refractivity contribution >= 4 is 11.8 Å². The molecule has 26 heavy (non-hydrogen) atoms. The zero-order chi connectivity index (χ0) is 19.1. The standard InChI is InChI=1S/C20H24N2O4/c1-13-8-14(2)10-17(9-13)25-11-18(23)21-22-19(24)12-26-20-15(3)6-5-7-16(20)4/h5-10H,11-12H2,1-4H3,(H,21,23)(H,22,24). The summed E-state index contributed by atoms with van der Waals surface area (Å²) in [5.41, 5.74) is 8.61. The molecule has 2 aromatic rings. The molecule has 0 bridgehead atoms. The Kier molecular flexibility index (Phi) is 6.60. The predicted molar refractivity (Wildman–Crippen MR) is 99.1 cm³/mol. The van der Waals surface area contributed by atoms with Gasteiger partial charge in [-0.1, -0.05) is 24.3 Å². The Morgan fingerprint density at radius 3 is 1.85 bits per heavy atom. The van der Waals surface area contributed by atoms with E-state index in [0.29, 0.717) is 11.5 Å². The normalized spacial score (nSPS) is 10.2. The van der Waals surface area contributed by atoms with E-state index in [-0.39, 0.29) is 13.2 Å². The number of ether oxygens (including phenoxy) is 2. The molecule has 6 heteroatoms. The third-order valence-electron chi connectivity index (χ3n) is 3.66. The minimum atomic E-state index is -0.454. The summed E-state index contributed by atoms with van der Waals surface area (Å²) in [4.78, 5) is 23.6. The Morgan fingerprint density at radius 2 is 1.31 bits per heavy atom. The number of amides is 2. The number of hydrogen-bond acceptors (Lipinski definition) is 4. The molecule has 0 radical (unpaired) electrons. The molecule has 2 rings (SSSR count). The molecule has 0 heterocycles. The van der Waals surface area contributed by atoms with Crippen LogP contribution >= 0.6 is 0 Å². The first-order valence-corrected chi connectivity index (χ1v) is 8.33. The lowest BCUT2D eigenvalue weighted by Gasteiger charge is -2.12. The molecule has 0 atom stereocenters. The Bertz CT molecular complexity index is 762. The maximum absolute atomic E-state index is 11.8. The number of hydrogen-bond donors (Lipinski definition) is 2. The van der Waals surface area contributed by atoms with Gasteiger partial charge in [0.1, 0.15) is 11.5 Å². The lowest BCUT2D eigenvalue weighted by molar-refractivity contribution is -0.131. The fourth-order valence-electron chi connectivity index (χ4n) is 2.54. The van der Waals surface area contributed by atoms with Crippen LogP contribution in [-0.2, 0) is 9.59 Å². The van der Waals surface area contributed by atoms with E-state index in [4.69, 9.17) is 9.47 Å². The van der Waals surface area contributed by atoms with Crippen LogP contribution in [0.4, 0.5) is 0 Å². The smallest absolute Gasteiger partial charge is 0.276 e. The van der Waals surface area contributed by atoms with Crippen LogP contribution in [0.5, 0.6) is 11.5 Å². The first-order valence-electron chi connectivity index (χ1n) is 8.33. The number of carbonyl (C=O) groups excluding carboxylic acids is 2. The largest absolute Gasteiger partial charge is 0.484 e. The Morgan fingerprint density at radius 1 is 0.808 bits per heavy atom. The number of rotatable bonds is 6. The van der Waals surface area contributed by atoms with Crippen molar-refractivity contribution in [3.05, 3.63) is 58.7 Å². The molecular formula is C20H24N2O4. The summed E-state index contributed by atoms with van der Waals surface area (Å²) in [6, 6.07) is 11.4. The number of hydrazine groups is 1. The minimum absolute atomic E-state index is 0.191. The molecule has 138 valence electrons. The van der Waals surface area contributed by atoms with E-state index in [1.54, 1.807) is 0 Å². The summed E-state index contributed by atoms with van der Waals surface area (Å²) in [5.74, 6) is 0.381. The lowest BCUT2D eigenvalue weighted by Crippen LogP contribution is -2.45. The van der Waals surface area contributed by atoms with Crippen LogP contribution in [-0.4, -0.2) is 25.0 Å². The van der Waals surface area contributed by atoms with Crippen molar-refractivity contribution in [2.45, 2.75) is 27.7 Å². The van der Waals surface area contributed by atoms with Crippen LogP contribution < -0.4 is 20.3 Å². The maximum atomic E-state index is 11.8. The second-order valence-electron chi connectivity index (χ2n) is 6.22. The van der Waals surface area contributed by atoms with E-state index < -0.39 is 11.8 Å². The quantitative estimate of drug-likeness (QED) is 0.780. The van der Waals surface area contributed by atoms with Crippen LogP contribution in [0.3, 0.4) is 0 Å². The van der Waals surface area contributed by atoms with Crippen molar-refractivity contribution < 1.29 is 19.1 Å². The Balaban J connectivity index is 1.74. The average Bonchev–Trinajstić information content (AvgIpc) is 2.57. The van der Waals surface area contributed by atoms with E-state index in [9.17, 15) is 9.59 Å². The second-order valence-corrected chi connectivity index (χ2v) is 6.22. The summed E-state index contributed by atoms with van der Waals surface area (Å²) < 4.78 is 11.0. The summed E-state index contributed by atoms with van der Waals surface area (Å²) in [6.45, 7) is 7.34. The highest BCUT2D eigenvalue weighted by atomic mass is 16.5. The zero-order valence-electron chi connectivity index (χ0n) is 15.5. The fraction of sp³-hybridized carbons (Fsp3) is 0.300. The number of para-hydroxylation sites is 1. The molecule has 2 N–H and O–H groups in total. The first-order chi connectivity index (χ1) is 12.3. The molecule has 0 fully saturated rings. The molecule has 0 saturated carbocycles. The lowest BCUT2D eigenvalue weighted by atomic mass is 10.1. The zero-order valence-corrected chi connectivity index (χ0v) is 15.5. The van der Waals surface area contributed by atoms with E-state index in [2.05, 4.69) is 10.9 Å². The van der Waals surface area contributed by atoms with Crippen LogP contribution in [0, 0.1) is 27.7 Å². The van der Waals surface area contributed by atoms with E-state index in [1.165, 1.54) is 0 Å². The molecule has 2 amide bonds. The monoisotopic (exact) mass is 356 g/mol. The van der Waals surface area contributed by atoms with Crippen molar-refractivity contribution in [3.8, 4) is 11.5 Å². The average molecular weight is 356 g/mol. The molecule has 0 unspecified atom stereocenters. The Hall–Kier alpha value is -3.02. The van der Waals surface area contributed by atoms with E-state index in [1.807, 2.05) is 64.1 Å². The third kappa shape index (κ3) is 5.81. The van der Waals surface area contributed by atoms with Gasteiger partial charge in [0.05, 0.1) is 0 Å². The van der Waals surface area contributed by atoms with Crippen molar-refractivity contribution in [2.24, 2.45) is 0 Å². The van der Waals surface area contributed by atoms with Crippen LogP contribution in [0.1, 0.15) is 22.3 Å². The molecule has 0 aromatic heterocycles. The minimum Gasteiger partial charge on any atom is -0.484 e. The van der Waals surface area contributed by atoms with Crippen molar-refractivity contribution in [1.29, 1.82) is 0 Å². The van der Waals surface area contributed by atoms with Crippen molar-refractivity contribution in [3.63, 3.8) is 0 Å². The van der Waals surface area contributed by atoms with Gasteiger partial charge in [-0.05, 0) is 62.1 Å². The highest BCUT2D eigenvalue weighted by molar-refractivity contribution is 5.83. The highest BCUT2D eigenvalue weighted by Crippen LogP contribution is 2.22. The topological polar surface area (TPSA) is 76.7 Å². The highest BCUT2D eigenvalue weighted by Gasteiger charge is 2.09. The molecule has 0 aliphatic carbocycles. The number of carbonyl (C=O) groups is 2.